The number of rotatable bonds is 2. The van der Waals surface area contributed by atoms with E-state index < -0.39 is 12.0 Å². The fourth-order valence-electron chi connectivity index (χ4n) is 2.68. The van der Waals surface area contributed by atoms with Gasteiger partial charge >= 0.3 is 12.0 Å². The van der Waals surface area contributed by atoms with E-state index >= 15 is 0 Å². The Bertz CT molecular complexity index is 337. The van der Waals surface area contributed by atoms with E-state index in [4.69, 9.17) is 5.11 Å². The molecule has 5 nitrogen and oxygen atoms in total. The number of hydrogen-bond acceptors (Lipinski definition) is 3. The first-order chi connectivity index (χ1) is 8.65. The summed E-state index contributed by atoms with van der Waals surface area (Å²) in [4.78, 5) is 27.0. The Morgan fingerprint density at radius 1 is 1.33 bits per heavy atom. The van der Waals surface area contributed by atoms with Crippen LogP contribution in [0, 0.1) is 0 Å². The van der Waals surface area contributed by atoms with Crippen LogP contribution in [-0.2, 0) is 4.79 Å². The molecule has 0 aromatic rings. The lowest BCUT2D eigenvalue weighted by molar-refractivity contribution is -0.141. The largest absolute Gasteiger partial charge is 0.480 e. The minimum absolute atomic E-state index is 0.0843. The molecule has 0 spiro atoms. The SMILES string of the molecule is CCC1CCCCN1C(=O)N1CSC[C@H]1C(=O)O. The Hall–Kier alpha value is -0.910. The van der Waals surface area contributed by atoms with Crippen LogP contribution < -0.4 is 0 Å². The van der Waals surface area contributed by atoms with Gasteiger partial charge in [0.25, 0.3) is 0 Å². The second kappa shape index (κ2) is 5.82. The molecule has 0 aromatic carbocycles. The number of piperidine rings is 1. The minimum atomic E-state index is -0.890. The average Bonchev–Trinajstić information content (AvgIpc) is 2.87. The number of thioether (sulfide) groups is 1. The van der Waals surface area contributed by atoms with Gasteiger partial charge in [-0.15, -0.1) is 11.8 Å². The summed E-state index contributed by atoms with van der Waals surface area (Å²) >= 11 is 1.52. The van der Waals surface area contributed by atoms with Crippen molar-refractivity contribution in [2.75, 3.05) is 18.2 Å². The third-order valence-corrected chi connectivity index (χ3v) is 4.77. The van der Waals surface area contributed by atoms with E-state index in [2.05, 4.69) is 6.92 Å². The van der Waals surface area contributed by atoms with Crippen molar-refractivity contribution in [1.82, 2.24) is 9.80 Å². The number of amides is 2. The highest BCUT2D eigenvalue weighted by Crippen LogP contribution is 2.26. The lowest BCUT2D eigenvalue weighted by Gasteiger charge is -2.38. The molecule has 1 N–H and O–H groups in total. The molecule has 102 valence electrons. The van der Waals surface area contributed by atoms with Crippen molar-refractivity contribution in [3.05, 3.63) is 0 Å². The Labute approximate surface area is 112 Å². The molecule has 0 aliphatic carbocycles. The normalized spacial score (nSPS) is 28.5. The van der Waals surface area contributed by atoms with Gasteiger partial charge in [0.1, 0.15) is 6.04 Å². The first-order valence-corrected chi connectivity index (χ1v) is 7.68. The molecule has 0 radical (unpaired) electrons. The Kier molecular flexibility index (Phi) is 4.37. The molecule has 6 heteroatoms. The highest BCUT2D eigenvalue weighted by molar-refractivity contribution is 7.99. The third-order valence-electron chi connectivity index (χ3n) is 3.76. The zero-order valence-corrected chi connectivity index (χ0v) is 11.5. The predicted molar refractivity (Wildman–Crippen MR) is 70.6 cm³/mol. The number of carbonyl (C=O) groups is 2. The van der Waals surface area contributed by atoms with Gasteiger partial charge in [0.2, 0.25) is 0 Å². The summed E-state index contributed by atoms with van der Waals surface area (Å²) in [5.74, 6) is 0.118. The first kappa shape index (κ1) is 13.5. The molecule has 0 bridgehead atoms. The second-order valence-corrected chi connectivity index (χ2v) is 5.86. The van der Waals surface area contributed by atoms with Crippen molar-refractivity contribution in [2.45, 2.75) is 44.7 Å². The summed E-state index contributed by atoms with van der Waals surface area (Å²) in [7, 11) is 0. The van der Waals surface area contributed by atoms with E-state index in [1.165, 1.54) is 23.1 Å². The monoisotopic (exact) mass is 272 g/mol. The molecular formula is C12H20N2O3S. The van der Waals surface area contributed by atoms with Crippen molar-refractivity contribution < 1.29 is 14.7 Å². The summed E-state index contributed by atoms with van der Waals surface area (Å²) in [6.07, 6.45) is 4.19. The molecular weight excluding hydrogens is 252 g/mol. The van der Waals surface area contributed by atoms with Gasteiger partial charge in [-0.2, -0.15) is 0 Å². The molecule has 2 aliphatic heterocycles. The molecule has 0 aromatic heterocycles. The number of carboxylic acid groups (broad SMARTS) is 1. The van der Waals surface area contributed by atoms with Gasteiger partial charge in [-0.1, -0.05) is 6.92 Å². The lowest BCUT2D eigenvalue weighted by atomic mass is 10.0. The van der Waals surface area contributed by atoms with Crippen molar-refractivity contribution in [2.24, 2.45) is 0 Å². The van der Waals surface area contributed by atoms with Gasteiger partial charge in [0.05, 0.1) is 5.88 Å². The summed E-state index contributed by atoms with van der Waals surface area (Å²) in [5, 5.41) is 9.13. The number of nitrogens with zero attached hydrogens (tertiary/aromatic N) is 2. The highest BCUT2D eigenvalue weighted by atomic mass is 32.2. The van der Waals surface area contributed by atoms with Crippen LogP contribution in [0.3, 0.4) is 0 Å². The standard InChI is InChI=1S/C12H20N2O3S/c1-2-9-5-3-4-6-13(9)12(17)14-8-18-7-10(14)11(15)16/h9-10H,2-8H2,1H3,(H,15,16)/t9?,10-/m0/s1. The van der Waals surface area contributed by atoms with Crippen molar-refractivity contribution in [1.29, 1.82) is 0 Å². The third kappa shape index (κ3) is 2.58. The summed E-state index contributed by atoms with van der Waals surface area (Å²) in [5.41, 5.74) is 0. The molecule has 0 saturated carbocycles. The molecule has 2 heterocycles. The fourth-order valence-corrected chi connectivity index (χ4v) is 3.82. The van der Waals surface area contributed by atoms with E-state index in [0.717, 1.165) is 25.8 Å². The maximum atomic E-state index is 12.5. The number of aliphatic carboxylic acids is 1. The van der Waals surface area contributed by atoms with Crippen LogP contribution in [0.5, 0.6) is 0 Å². The Balaban J connectivity index is 2.07. The number of urea groups is 1. The van der Waals surface area contributed by atoms with Crippen molar-refractivity contribution >= 4 is 23.8 Å². The second-order valence-electron chi connectivity index (χ2n) is 4.86. The molecule has 2 aliphatic rings. The molecule has 2 saturated heterocycles. The van der Waals surface area contributed by atoms with Gasteiger partial charge in [-0.3, -0.25) is 0 Å². The molecule has 2 atom stereocenters. The van der Waals surface area contributed by atoms with Gasteiger partial charge in [-0.05, 0) is 25.7 Å². The lowest BCUT2D eigenvalue weighted by Crippen LogP contribution is -2.53. The fraction of sp³-hybridized carbons (Fsp3) is 0.833. The summed E-state index contributed by atoms with van der Waals surface area (Å²) in [6, 6.07) is -0.452. The highest BCUT2D eigenvalue weighted by Gasteiger charge is 2.38. The Morgan fingerprint density at radius 2 is 2.11 bits per heavy atom. The van der Waals surface area contributed by atoms with Gasteiger partial charge in [0.15, 0.2) is 0 Å². The average molecular weight is 272 g/mol. The smallest absolute Gasteiger partial charge is 0.327 e. The number of hydrogen-bond donors (Lipinski definition) is 1. The van der Waals surface area contributed by atoms with Crippen LogP contribution in [0.15, 0.2) is 0 Å². The van der Waals surface area contributed by atoms with Gasteiger partial charge in [-0.25, -0.2) is 9.59 Å². The number of likely N-dealkylation sites (tertiary alicyclic amines) is 1. The van der Waals surface area contributed by atoms with E-state index in [-0.39, 0.29) is 12.1 Å². The molecule has 2 amide bonds. The van der Waals surface area contributed by atoms with E-state index in [0.29, 0.717) is 11.6 Å². The number of carboxylic acids is 1. The topological polar surface area (TPSA) is 60.9 Å². The predicted octanol–water partition coefficient (Wildman–Crippen LogP) is 1.83. The molecule has 18 heavy (non-hydrogen) atoms. The van der Waals surface area contributed by atoms with Crippen molar-refractivity contribution in [3.8, 4) is 0 Å². The summed E-state index contributed by atoms with van der Waals surface area (Å²) in [6.45, 7) is 2.86. The quantitative estimate of drug-likeness (QED) is 0.833. The van der Waals surface area contributed by atoms with Crippen LogP contribution >= 0.6 is 11.8 Å². The number of carbonyl (C=O) groups excluding carboxylic acids is 1. The van der Waals surface area contributed by atoms with Crippen LogP contribution in [0.4, 0.5) is 4.79 Å². The summed E-state index contributed by atoms with van der Waals surface area (Å²) < 4.78 is 0. The van der Waals surface area contributed by atoms with Crippen LogP contribution in [0.25, 0.3) is 0 Å². The maximum Gasteiger partial charge on any atom is 0.327 e. The van der Waals surface area contributed by atoms with Gasteiger partial charge in [0, 0.05) is 18.3 Å². The maximum absolute atomic E-state index is 12.5. The zero-order chi connectivity index (χ0) is 13.1. The van der Waals surface area contributed by atoms with Gasteiger partial charge < -0.3 is 14.9 Å². The van der Waals surface area contributed by atoms with Crippen LogP contribution in [0.2, 0.25) is 0 Å². The van der Waals surface area contributed by atoms with E-state index in [1.807, 2.05) is 4.90 Å². The van der Waals surface area contributed by atoms with Crippen LogP contribution in [0.1, 0.15) is 32.6 Å². The van der Waals surface area contributed by atoms with Crippen molar-refractivity contribution in [3.63, 3.8) is 0 Å². The Morgan fingerprint density at radius 3 is 2.78 bits per heavy atom. The molecule has 1 unspecified atom stereocenters. The minimum Gasteiger partial charge on any atom is -0.480 e. The van der Waals surface area contributed by atoms with Crippen LogP contribution in [-0.4, -0.2) is 57.2 Å². The van der Waals surface area contributed by atoms with E-state index in [9.17, 15) is 9.59 Å². The first-order valence-electron chi connectivity index (χ1n) is 6.53. The van der Waals surface area contributed by atoms with E-state index in [1.54, 1.807) is 0 Å². The molecule has 2 rings (SSSR count). The molecule has 2 fully saturated rings. The zero-order valence-electron chi connectivity index (χ0n) is 10.7.